The number of hydrogen-bond acceptors (Lipinski definition) is 5. The van der Waals surface area contributed by atoms with E-state index in [0.717, 1.165) is 23.4 Å². The van der Waals surface area contributed by atoms with Crippen molar-refractivity contribution in [2.45, 2.75) is 45.4 Å². The van der Waals surface area contributed by atoms with Gasteiger partial charge in [-0.3, -0.25) is 0 Å². The summed E-state index contributed by atoms with van der Waals surface area (Å²) in [6.07, 6.45) is 6.08. The van der Waals surface area contributed by atoms with Crippen LogP contribution in [0.5, 0.6) is 0 Å². The fourth-order valence-corrected chi connectivity index (χ4v) is 3.83. The van der Waals surface area contributed by atoms with E-state index in [1.807, 2.05) is 60.2 Å². The SMILES string of the molecule is C/C=C/Cn1nc(C(CCC)(OC)OC)nc1Cc1ccc(-c2ccccc2C(=O)O)cc1. The molecule has 0 unspecified atom stereocenters. The van der Waals surface area contributed by atoms with Gasteiger partial charge in [0.05, 0.1) is 12.1 Å². The van der Waals surface area contributed by atoms with Crippen LogP contribution < -0.4 is 0 Å². The van der Waals surface area contributed by atoms with Crippen LogP contribution >= 0.6 is 0 Å². The zero-order valence-corrected chi connectivity index (χ0v) is 19.6. The van der Waals surface area contributed by atoms with Crippen molar-refractivity contribution in [3.05, 3.63) is 83.5 Å². The molecule has 3 aromatic rings. The molecule has 0 saturated heterocycles. The van der Waals surface area contributed by atoms with Crippen molar-refractivity contribution in [2.24, 2.45) is 0 Å². The van der Waals surface area contributed by atoms with Gasteiger partial charge in [0, 0.05) is 27.1 Å². The lowest BCUT2D eigenvalue weighted by molar-refractivity contribution is -0.225. The molecule has 0 radical (unpaired) electrons. The van der Waals surface area contributed by atoms with Crippen molar-refractivity contribution in [3.8, 4) is 11.1 Å². The van der Waals surface area contributed by atoms with Crippen LogP contribution in [0.1, 0.15) is 54.3 Å². The Morgan fingerprint density at radius 2 is 1.82 bits per heavy atom. The molecule has 7 heteroatoms. The molecule has 7 nitrogen and oxygen atoms in total. The zero-order valence-electron chi connectivity index (χ0n) is 19.6. The normalized spacial score (nSPS) is 11.9. The number of nitrogens with zero attached hydrogens (tertiary/aromatic N) is 3. The largest absolute Gasteiger partial charge is 0.478 e. The Bertz CT molecular complexity index is 1100. The zero-order chi connectivity index (χ0) is 23.8. The lowest BCUT2D eigenvalue weighted by Gasteiger charge is -2.27. The van der Waals surface area contributed by atoms with E-state index in [2.05, 4.69) is 6.92 Å². The van der Waals surface area contributed by atoms with Crippen molar-refractivity contribution in [2.75, 3.05) is 14.2 Å². The van der Waals surface area contributed by atoms with Crippen molar-refractivity contribution in [3.63, 3.8) is 0 Å². The lowest BCUT2D eigenvalue weighted by Crippen LogP contribution is -2.32. The molecule has 0 fully saturated rings. The third kappa shape index (κ3) is 5.38. The van der Waals surface area contributed by atoms with Crippen LogP contribution in [0.2, 0.25) is 0 Å². The molecule has 0 aliphatic heterocycles. The summed E-state index contributed by atoms with van der Waals surface area (Å²) in [4.78, 5) is 16.4. The van der Waals surface area contributed by atoms with Crippen LogP contribution in [-0.4, -0.2) is 40.1 Å². The predicted molar refractivity (Wildman–Crippen MR) is 127 cm³/mol. The number of allylic oxidation sites excluding steroid dienone is 2. The van der Waals surface area contributed by atoms with Gasteiger partial charge in [0.15, 0.2) is 0 Å². The molecule has 0 spiro atoms. The van der Waals surface area contributed by atoms with Crippen LogP contribution in [0, 0.1) is 0 Å². The topological polar surface area (TPSA) is 86.5 Å². The smallest absolute Gasteiger partial charge is 0.336 e. The molecule has 174 valence electrons. The average molecular weight is 450 g/mol. The summed E-state index contributed by atoms with van der Waals surface area (Å²) in [6.45, 7) is 4.63. The molecule has 0 aliphatic carbocycles. The number of carboxylic acids is 1. The first-order valence-corrected chi connectivity index (χ1v) is 11.0. The molecule has 1 heterocycles. The van der Waals surface area contributed by atoms with Gasteiger partial charge < -0.3 is 14.6 Å². The van der Waals surface area contributed by atoms with Gasteiger partial charge in [0.2, 0.25) is 11.6 Å². The van der Waals surface area contributed by atoms with E-state index in [-0.39, 0.29) is 5.56 Å². The molecule has 0 atom stereocenters. The lowest BCUT2D eigenvalue weighted by atomic mass is 9.98. The molecule has 0 aliphatic rings. The van der Waals surface area contributed by atoms with Crippen molar-refractivity contribution >= 4 is 5.97 Å². The third-order valence-electron chi connectivity index (χ3n) is 5.63. The Morgan fingerprint density at radius 3 is 2.42 bits per heavy atom. The van der Waals surface area contributed by atoms with Crippen molar-refractivity contribution in [1.82, 2.24) is 14.8 Å². The minimum Gasteiger partial charge on any atom is -0.478 e. The molecule has 1 N–H and O–H groups in total. The second-order valence-corrected chi connectivity index (χ2v) is 7.74. The highest BCUT2D eigenvalue weighted by Crippen LogP contribution is 2.30. The molecular weight excluding hydrogens is 418 g/mol. The van der Waals surface area contributed by atoms with Gasteiger partial charge in [-0.25, -0.2) is 14.5 Å². The first kappa shape index (κ1) is 24.4. The van der Waals surface area contributed by atoms with Gasteiger partial charge in [0.25, 0.3) is 0 Å². The summed E-state index contributed by atoms with van der Waals surface area (Å²) in [5, 5.41) is 14.2. The number of rotatable bonds is 11. The molecule has 0 saturated carbocycles. The number of hydrogen-bond donors (Lipinski definition) is 1. The maximum Gasteiger partial charge on any atom is 0.336 e. The number of aromatic nitrogens is 3. The van der Waals surface area contributed by atoms with Crippen LogP contribution in [0.25, 0.3) is 11.1 Å². The highest BCUT2D eigenvalue weighted by molar-refractivity contribution is 5.95. The first-order valence-electron chi connectivity index (χ1n) is 11.0. The van der Waals surface area contributed by atoms with Gasteiger partial charge >= 0.3 is 5.97 Å². The van der Waals surface area contributed by atoms with E-state index in [9.17, 15) is 9.90 Å². The molecule has 33 heavy (non-hydrogen) atoms. The highest BCUT2D eigenvalue weighted by atomic mass is 16.7. The molecule has 1 aromatic heterocycles. The average Bonchev–Trinajstić information content (AvgIpc) is 3.24. The second-order valence-electron chi connectivity index (χ2n) is 7.74. The monoisotopic (exact) mass is 449 g/mol. The van der Waals surface area contributed by atoms with Crippen LogP contribution in [0.15, 0.2) is 60.7 Å². The Morgan fingerprint density at radius 1 is 1.12 bits per heavy atom. The van der Waals surface area contributed by atoms with Gasteiger partial charge in [-0.05, 0) is 29.7 Å². The Kier molecular flexibility index (Phi) is 8.14. The number of ether oxygens (including phenoxy) is 2. The van der Waals surface area contributed by atoms with E-state index >= 15 is 0 Å². The van der Waals surface area contributed by atoms with Gasteiger partial charge in [0.1, 0.15) is 5.82 Å². The molecule has 0 amide bonds. The summed E-state index contributed by atoms with van der Waals surface area (Å²) in [5.41, 5.74) is 2.88. The second kappa shape index (κ2) is 11.0. The summed E-state index contributed by atoms with van der Waals surface area (Å²) >= 11 is 0. The molecule has 3 rings (SSSR count). The first-order chi connectivity index (χ1) is 16.0. The van der Waals surface area contributed by atoms with Crippen LogP contribution in [-0.2, 0) is 28.2 Å². The summed E-state index contributed by atoms with van der Waals surface area (Å²) < 4.78 is 13.3. The standard InChI is InChI=1S/C26H31N3O4/c1-5-7-17-29-23(27-25(28-29)26(32-3,33-4)16-6-2)18-19-12-14-20(15-13-19)21-10-8-9-11-22(21)24(30)31/h5,7-15H,6,16-18H2,1-4H3,(H,30,31)/b7-5+. The fourth-order valence-electron chi connectivity index (χ4n) is 3.83. The fraction of sp³-hybridized carbons (Fsp3) is 0.346. The molecule has 2 aromatic carbocycles. The van der Waals surface area contributed by atoms with E-state index < -0.39 is 11.8 Å². The quantitative estimate of drug-likeness (QED) is 0.325. The highest BCUT2D eigenvalue weighted by Gasteiger charge is 2.36. The number of carboxylic acid groups (broad SMARTS) is 1. The maximum atomic E-state index is 11.6. The number of aromatic carboxylic acids is 1. The van der Waals surface area contributed by atoms with Gasteiger partial charge in [-0.2, -0.15) is 0 Å². The van der Waals surface area contributed by atoms with Crippen molar-refractivity contribution < 1.29 is 19.4 Å². The van der Waals surface area contributed by atoms with E-state index in [1.165, 1.54) is 0 Å². The summed E-state index contributed by atoms with van der Waals surface area (Å²) in [6, 6.07) is 14.9. The van der Waals surface area contributed by atoms with Gasteiger partial charge in [-0.15, -0.1) is 5.10 Å². The van der Waals surface area contributed by atoms with Crippen LogP contribution in [0.3, 0.4) is 0 Å². The number of benzene rings is 2. The van der Waals surface area contributed by atoms with Gasteiger partial charge in [-0.1, -0.05) is 68.0 Å². The number of carbonyl (C=O) groups is 1. The minimum atomic E-state index is -0.977. The van der Waals surface area contributed by atoms with E-state index in [4.69, 9.17) is 19.6 Å². The summed E-state index contributed by atoms with van der Waals surface area (Å²) in [7, 11) is 3.22. The number of methoxy groups -OCH3 is 2. The summed E-state index contributed by atoms with van der Waals surface area (Å²) in [5.74, 6) is -0.599. The minimum absolute atomic E-state index is 0.285. The Balaban J connectivity index is 1.92. The molecular formula is C26H31N3O4. The van der Waals surface area contributed by atoms with E-state index in [0.29, 0.717) is 30.8 Å². The van der Waals surface area contributed by atoms with Crippen molar-refractivity contribution in [1.29, 1.82) is 0 Å². The maximum absolute atomic E-state index is 11.6. The Hall–Kier alpha value is -3.29. The third-order valence-corrected chi connectivity index (χ3v) is 5.63. The predicted octanol–water partition coefficient (Wildman–Crippen LogP) is 5.06. The van der Waals surface area contributed by atoms with E-state index in [1.54, 1.807) is 26.4 Å². The van der Waals surface area contributed by atoms with Crippen LogP contribution in [0.4, 0.5) is 0 Å². The Labute approximate surface area is 194 Å². The molecule has 0 bridgehead atoms.